The first-order chi connectivity index (χ1) is 13.6. The Labute approximate surface area is 165 Å². The predicted octanol–water partition coefficient (Wildman–Crippen LogP) is 3.20. The molecule has 1 aliphatic rings. The molecular weight excluding hydrogens is 380 g/mol. The molecule has 1 aliphatic heterocycles. The number of halogens is 1. The summed E-state index contributed by atoms with van der Waals surface area (Å²) in [7, 11) is 0. The number of fused-ring (bicyclic) bond motifs is 2. The van der Waals surface area contributed by atoms with Gasteiger partial charge >= 0.3 is 0 Å². The molecule has 142 valence electrons. The van der Waals surface area contributed by atoms with Crippen molar-refractivity contribution in [1.29, 1.82) is 0 Å². The summed E-state index contributed by atoms with van der Waals surface area (Å²) in [6, 6.07) is 3.86. The van der Waals surface area contributed by atoms with E-state index in [1.165, 1.54) is 0 Å². The van der Waals surface area contributed by atoms with E-state index in [-0.39, 0.29) is 0 Å². The van der Waals surface area contributed by atoms with Crippen molar-refractivity contribution < 1.29 is 4.74 Å². The first-order valence-electron chi connectivity index (χ1n) is 8.92. The minimum Gasteiger partial charge on any atom is -0.475 e. The van der Waals surface area contributed by atoms with Crippen molar-refractivity contribution >= 4 is 34.3 Å². The number of anilines is 2. The molecule has 5 heterocycles. The average molecular weight is 397 g/mol. The second-order valence-electron chi connectivity index (χ2n) is 6.56. The summed E-state index contributed by atoms with van der Waals surface area (Å²) in [6.45, 7) is 5.04. The monoisotopic (exact) mass is 396 g/mol. The van der Waals surface area contributed by atoms with Crippen LogP contribution in [0, 0.1) is 13.8 Å². The normalized spacial score (nSPS) is 13.7. The van der Waals surface area contributed by atoms with E-state index in [0.29, 0.717) is 35.8 Å². The molecule has 0 fully saturated rings. The SMILES string of the molecule is Cc1ncccc1-n1nc2c(c1C)Nc1ncc3c(Cl)nn(c3n1)CCCO2. The average Bonchev–Trinajstić information content (AvgIpc) is 3.16. The lowest BCUT2D eigenvalue weighted by atomic mass is 10.3. The maximum Gasteiger partial charge on any atom is 0.257 e. The van der Waals surface area contributed by atoms with Crippen molar-refractivity contribution in [3.05, 3.63) is 41.1 Å². The summed E-state index contributed by atoms with van der Waals surface area (Å²) in [5, 5.41) is 13.4. The Morgan fingerprint density at radius 2 is 2.11 bits per heavy atom. The molecule has 9 nitrogen and oxygen atoms in total. The van der Waals surface area contributed by atoms with Crippen molar-refractivity contribution in [2.75, 3.05) is 11.9 Å². The Bertz CT molecular complexity index is 1200. The zero-order valence-corrected chi connectivity index (χ0v) is 16.1. The van der Waals surface area contributed by atoms with Crippen molar-refractivity contribution in [2.45, 2.75) is 26.8 Å². The van der Waals surface area contributed by atoms with E-state index in [9.17, 15) is 0 Å². The molecule has 0 amide bonds. The van der Waals surface area contributed by atoms with Crippen molar-refractivity contribution in [1.82, 2.24) is 34.5 Å². The van der Waals surface area contributed by atoms with E-state index in [4.69, 9.17) is 16.3 Å². The van der Waals surface area contributed by atoms with Crippen LogP contribution in [0.1, 0.15) is 17.8 Å². The smallest absolute Gasteiger partial charge is 0.257 e. The Kier molecular flexibility index (Phi) is 3.90. The molecule has 28 heavy (non-hydrogen) atoms. The summed E-state index contributed by atoms with van der Waals surface area (Å²) >= 11 is 6.21. The Hall–Kier alpha value is -3.20. The third-order valence-electron chi connectivity index (χ3n) is 4.73. The molecule has 0 spiro atoms. The minimum absolute atomic E-state index is 0.399. The molecule has 10 heteroatoms. The van der Waals surface area contributed by atoms with Gasteiger partial charge in [0.05, 0.1) is 29.1 Å². The van der Waals surface area contributed by atoms with Gasteiger partial charge in [0.25, 0.3) is 5.88 Å². The third-order valence-corrected chi connectivity index (χ3v) is 5.00. The van der Waals surface area contributed by atoms with Crippen LogP contribution in [-0.2, 0) is 6.54 Å². The van der Waals surface area contributed by atoms with E-state index < -0.39 is 0 Å². The van der Waals surface area contributed by atoms with Gasteiger partial charge in [-0.15, -0.1) is 5.10 Å². The van der Waals surface area contributed by atoms with Crippen LogP contribution in [0.2, 0.25) is 5.15 Å². The van der Waals surface area contributed by atoms with Crippen LogP contribution in [0.3, 0.4) is 0 Å². The third kappa shape index (κ3) is 2.66. The van der Waals surface area contributed by atoms with Crippen LogP contribution in [0.5, 0.6) is 5.88 Å². The minimum atomic E-state index is 0.399. The maximum absolute atomic E-state index is 6.21. The summed E-state index contributed by atoms with van der Waals surface area (Å²) in [4.78, 5) is 13.3. The number of rotatable bonds is 1. The Balaban J connectivity index is 1.65. The highest BCUT2D eigenvalue weighted by Gasteiger charge is 2.21. The van der Waals surface area contributed by atoms with Gasteiger partial charge in [0.15, 0.2) is 10.8 Å². The molecule has 0 aliphatic carbocycles. The van der Waals surface area contributed by atoms with Crippen LogP contribution < -0.4 is 10.1 Å². The van der Waals surface area contributed by atoms with Gasteiger partial charge in [0.2, 0.25) is 5.95 Å². The molecule has 0 radical (unpaired) electrons. The molecule has 2 bridgehead atoms. The standard InChI is InChI=1S/C18H17ClN8O/c1-10-13(5-3-6-20-10)27-11(2)14-17(25-27)28-8-4-7-26-16-12(15(19)24-26)9-21-18(22-14)23-16/h3,5-6,9H,4,7-8H2,1-2H3,(H,21,22,23). The quantitative estimate of drug-likeness (QED) is 0.527. The van der Waals surface area contributed by atoms with Crippen LogP contribution in [-0.4, -0.2) is 41.1 Å². The molecule has 0 saturated carbocycles. The molecule has 0 aromatic carbocycles. The molecule has 0 saturated heterocycles. The maximum atomic E-state index is 6.21. The fourth-order valence-electron chi connectivity index (χ4n) is 3.29. The van der Waals surface area contributed by atoms with Crippen molar-refractivity contribution in [3.8, 4) is 11.6 Å². The van der Waals surface area contributed by atoms with E-state index in [1.807, 2.05) is 30.7 Å². The van der Waals surface area contributed by atoms with Crippen LogP contribution >= 0.6 is 11.6 Å². The number of nitrogens with one attached hydrogen (secondary N) is 1. The highest BCUT2D eigenvalue weighted by Crippen LogP contribution is 2.33. The van der Waals surface area contributed by atoms with E-state index in [0.717, 1.165) is 34.6 Å². The van der Waals surface area contributed by atoms with Gasteiger partial charge in [-0.1, -0.05) is 11.6 Å². The number of hydrogen-bond acceptors (Lipinski definition) is 7. The van der Waals surface area contributed by atoms with Gasteiger partial charge < -0.3 is 10.1 Å². The molecule has 1 N–H and O–H groups in total. The fourth-order valence-corrected chi connectivity index (χ4v) is 3.51. The van der Waals surface area contributed by atoms with Crippen LogP contribution in [0.15, 0.2) is 24.5 Å². The summed E-state index contributed by atoms with van der Waals surface area (Å²) < 4.78 is 9.58. The first kappa shape index (κ1) is 16.9. The van der Waals surface area contributed by atoms with Gasteiger partial charge in [0.1, 0.15) is 5.69 Å². The van der Waals surface area contributed by atoms with E-state index in [2.05, 4.69) is 30.5 Å². The van der Waals surface area contributed by atoms with Gasteiger partial charge in [-0.2, -0.15) is 10.1 Å². The van der Waals surface area contributed by atoms with Crippen molar-refractivity contribution in [3.63, 3.8) is 0 Å². The zero-order valence-electron chi connectivity index (χ0n) is 15.3. The highest BCUT2D eigenvalue weighted by molar-refractivity contribution is 6.34. The van der Waals surface area contributed by atoms with Gasteiger partial charge in [-0.3, -0.25) is 4.98 Å². The highest BCUT2D eigenvalue weighted by atomic mass is 35.5. The van der Waals surface area contributed by atoms with Gasteiger partial charge in [0, 0.05) is 25.4 Å². The number of hydrogen-bond donors (Lipinski definition) is 1. The molecule has 4 aromatic rings. The second kappa shape index (κ2) is 6.45. The number of aryl methyl sites for hydroxylation is 2. The molecule has 0 atom stereocenters. The lowest BCUT2D eigenvalue weighted by Gasteiger charge is -2.08. The van der Waals surface area contributed by atoms with Gasteiger partial charge in [-0.05, 0) is 26.0 Å². The topological polar surface area (TPSA) is 95.6 Å². The number of ether oxygens (including phenoxy) is 1. The predicted molar refractivity (Wildman–Crippen MR) is 105 cm³/mol. The van der Waals surface area contributed by atoms with Crippen LogP contribution in [0.4, 0.5) is 11.6 Å². The largest absolute Gasteiger partial charge is 0.475 e. The second-order valence-corrected chi connectivity index (χ2v) is 6.92. The van der Waals surface area contributed by atoms with Crippen LogP contribution in [0.25, 0.3) is 16.7 Å². The summed E-state index contributed by atoms with van der Waals surface area (Å²) in [5.41, 5.74) is 4.07. The van der Waals surface area contributed by atoms with E-state index >= 15 is 0 Å². The lowest BCUT2D eigenvalue weighted by Crippen LogP contribution is -2.07. The summed E-state index contributed by atoms with van der Waals surface area (Å²) in [5.74, 6) is 0.935. The Morgan fingerprint density at radius 1 is 1.21 bits per heavy atom. The molecular formula is C18H17ClN8O. The zero-order chi connectivity index (χ0) is 19.3. The number of pyridine rings is 1. The first-order valence-corrected chi connectivity index (χ1v) is 9.30. The number of nitrogens with zero attached hydrogens (tertiary/aromatic N) is 7. The Morgan fingerprint density at radius 3 is 2.96 bits per heavy atom. The lowest BCUT2D eigenvalue weighted by molar-refractivity contribution is 0.288. The summed E-state index contributed by atoms with van der Waals surface area (Å²) in [6.07, 6.45) is 4.18. The fraction of sp³-hybridized carbons (Fsp3) is 0.278. The molecule has 4 aromatic heterocycles. The molecule has 0 unspecified atom stereocenters. The van der Waals surface area contributed by atoms with Crippen molar-refractivity contribution in [2.24, 2.45) is 0 Å². The molecule has 5 rings (SSSR count). The van der Waals surface area contributed by atoms with E-state index in [1.54, 1.807) is 17.1 Å². The number of aromatic nitrogens is 7. The van der Waals surface area contributed by atoms with Gasteiger partial charge in [-0.25, -0.2) is 14.3 Å².